The van der Waals surface area contributed by atoms with Crippen molar-refractivity contribution in [1.29, 1.82) is 0 Å². The van der Waals surface area contributed by atoms with Crippen LogP contribution in [-0.4, -0.2) is 61.9 Å². The summed E-state index contributed by atoms with van der Waals surface area (Å²) >= 11 is 1.21. The van der Waals surface area contributed by atoms with Crippen LogP contribution < -0.4 is 5.32 Å². The Labute approximate surface area is 203 Å². The van der Waals surface area contributed by atoms with Gasteiger partial charge in [-0.2, -0.15) is 13.2 Å². The molecule has 6 nitrogen and oxygen atoms in total. The monoisotopic (exact) mass is 498 g/mol. The molecule has 0 unspecified atom stereocenters. The number of hydrogen-bond acceptors (Lipinski definition) is 6. The molecule has 1 aromatic heterocycles. The number of nitrogens with one attached hydrogen (secondary N) is 1. The number of likely N-dealkylation sites (tertiary alicyclic amines) is 1. The van der Waals surface area contributed by atoms with Crippen LogP contribution in [0.4, 0.5) is 19.0 Å². The summed E-state index contributed by atoms with van der Waals surface area (Å²) in [5.74, 6) is 0.187. The second-order valence-electron chi connectivity index (χ2n) is 10.7. The van der Waals surface area contributed by atoms with Gasteiger partial charge in [-0.05, 0) is 65.9 Å². The van der Waals surface area contributed by atoms with E-state index in [1.54, 1.807) is 9.80 Å². The minimum Gasteiger partial charge on any atom is -0.388 e. The molecule has 3 aliphatic rings. The number of halogens is 3. The summed E-state index contributed by atoms with van der Waals surface area (Å²) < 4.78 is 42.6. The number of β-amino-alcohol motifs (C(OH)–C–C–N with tert-alkyl or cyclic N) is 1. The summed E-state index contributed by atoms with van der Waals surface area (Å²) in [7, 11) is 0. The molecule has 0 aromatic carbocycles. The number of carbonyl (C=O) groups is 1. The Morgan fingerprint density at radius 2 is 2.00 bits per heavy atom. The average molecular weight is 499 g/mol. The standard InChI is InChI=1S/C24H33F3N4O2S/c1-15-7-5-10-31(15)21(32)19-20(34-14-30(19)13-23(33)8-6-9-23)16-12-28-18(29-22(2,3)4)11-17(16)24(25,26)27/h11-12,15,33H,5-10,13-14H2,1-4H3,(H,28,29)/t15-/m0/s1. The number of thioether (sulfide) groups is 1. The molecule has 34 heavy (non-hydrogen) atoms. The lowest BCUT2D eigenvalue weighted by molar-refractivity contribution is -0.138. The van der Waals surface area contributed by atoms with Gasteiger partial charge in [-0.1, -0.05) is 0 Å². The van der Waals surface area contributed by atoms with Gasteiger partial charge in [0.15, 0.2) is 0 Å². The Kier molecular flexibility index (Phi) is 6.61. The number of aromatic nitrogens is 1. The summed E-state index contributed by atoms with van der Waals surface area (Å²) in [5, 5.41) is 13.8. The molecule has 0 radical (unpaired) electrons. The Bertz CT molecular complexity index is 985. The van der Waals surface area contributed by atoms with Crippen LogP contribution in [0, 0.1) is 0 Å². The van der Waals surface area contributed by atoms with Crippen molar-refractivity contribution in [1.82, 2.24) is 14.8 Å². The van der Waals surface area contributed by atoms with Crippen molar-refractivity contribution in [3.8, 4) is 0 Å². The molecule has 2 aliphatic heterocycles. The van der Waals surface area contributed by atoms with Crippen LogP contribution in [0.1, 0.15) is 70.9 Å². The van der Waals surface area contributed by atoms with Crippen molar-refractivity contribution < 1.29 is 23.1 Å². The van der Waals surface area contributed by atoms with Gasteiger partial charge in [-0.3, -0.25) is 4.79 Å². The van der Waals surface area contributed by atoms with E-state index in [1.807, 2.05) is 27.7 Å². The number of nitrogens with zero attached hydrogens (tertiary/aromatic N) is 3. The number of hydrogen-bond donors (Lipinski definition) is 2. The number of aliphatic hydroxyl groups is 1. The van der Waals surface area contributed by atoms with Crippen molar-refractivity contribution in [3.05, 3.63) is 29.1 Å². The van der Waals surface area contributed by atoms with Crippen molar-refractivity contribution in [2.75, 3.05) is 24.3 Å². The van der Waals surface area contributed by atoms with Gasteiger partial charge >= 0.3 is 6.18 Å². The predicted octanol–water partition coefficient (Wildman–Crippen LogP) is 4.91. The van der Waals surface area contributed by atoms with Crippen LogP contribution in [0.25, 0.3) is 4.91 Å². The zero-order valence-corrected chi connectivity index (χ0v) is 20.9. The molecule has 4 rings (SSSR count). The quantitative estimate of drug-likeness (QED) is 0.601. The summed E-state index contributed by atoms with van der Waals surface area (Å²) in [5.41, 5.74) is -2.01. The SMILES string of the molecule is C[C@H]1CCCN1C(=O)C1=C(c2cnc(NC(C)(C)C)cc2C(F)(F)F)SCN1CC1(O)CCC1. The Morgan fingerprint density at radius 1 is 1.29 bits per heavy atom. The maximum Gasteiger partial charge on any atom is 0.417 e. The highest BCUT2D eigenvalue weighted by molar-refractivity contribution is 8.08. The van der Waals surface area contributed by atoms with Gasteiger partial charge in [0, 0.05) is 41.3 Å². The maximum absolute atomic E-state index is 14.2. The van der Waals surface area contributed by atoms with Gasteiger partial charge in [0.2, 0.25) is 0 Å². The minimum atomic E-state index is -4.62. The summed E-state index contributed by atoms with van der Waals surface area (Å²) in [4.78, 5) is 21.7. The number of alkyl halides is 3. The molecule has 1 saturated carbocycles. The minimum absolute atomic E-state index is 0.0269. The summed E-state index contributed by atoms with van der Waals surface area (Å²) in [6.45, 7) is 8.34. The first-order valence-corrected chi connectivity index (χ1v) is 12.8. The van der Waals surface area contributed by atoms with E-state index in [2.05, 4.69) is 10.3 Å². The van der Waals surface area contributed by atoms with Crippen LogP contribution in [0.15, 0.2) is 18.0 Å². The molecule has 3 heterocycles. The topological polar surface area (TPSA) is 68.7 Å². The Balaban J connectivity index is 1.80. The molecule has 188 valence electrons. The molecule has 1 atom stereocenters. The molecule has 1 aromatic rings. The van der Waals surface area contributed by atoms with E-state index in [4.69, 9.17) is 0 Å². The normalized spacial score (nSPS) is 22.9. The number of pyridine rings is 1. The van der Waals surface area contributed by atoms with Crippen LogP contribution in [-0.2, 0) is 11.0 Å². The smallest absolute Gasteiger partial charge is 0.388 e. The fourth-order valence-corrected chi connectivity index (χ4v) is 5.95. The zero-order valence-electron chi connectivity index (χ0n) is 20.1. The summed E-state index contributed by atoms with van der Waals surface area (Å²) in [6.07, 6.45) is 0.519. The average Bonchev–Trinajstić information content (AvgIpc) is 3.30. The number of amides is 1. The lowest BCUT2D eigenvalue weighted by Crippen LogP contribution is -2.49. The van der Waals surface area contributed by atoms with E-state index in [9.17, 15) is 23.1 Å². The molecule has 0 bridgehead atoms. The highest BCUT2D eigenvalue weighted by Crippen LogP contribution is 2.47. The third-order valence-electron chi connectivity index (χ3n) is 6.64. The Hall–Kier alpha value is -1.94. The summed E-state index contributed by atoms with van der Waals surface area (Å²) in [6, 6.07) is 1.05. The Morgan fingerprint density at radius 3 is 2.53 bits per heavy atom. The molecule has 2 fully saturated rings. The van der Waals surface area contributed by atoms with Gasteiger partial charge in [0.05, 0.1) is 17.0 Å². The van der Waals surface area contributed by atoms with Gasteiger partial charge < -0.3 is 20.2 Å². The van der Waals surface area contributed by atoms with Gasteiger partial charge in [0.1, 0.15) is 11.5 Å². The van der Waals surface area contributed by atoms with Gasteiger partial charge in [-0.25, -0.2) is 4.98 Å². The number of anilines is 1. The molecule has 2 N–H and O–H groups in total. The van der Waals surface area contributed by atoms with Gasteiger partial charge in [-0.15, -0.1) is 11.8 Å². The first-order chi connectivity index (χ1) is 15.8. The van der Waals surface area contributed by atoms with Crippen molar-refractivity contribution in [2.24, 2.45) is 0 Å². The van der Waals surface area contributed by atoms with Crippen LogP contribution >= 0.6 is 11.8 Å². The van der Waals surface area contributed by atoms with E-state index in [-0.39, 0.29) is 40.5 Å². The fourth-order valence-electron chi connectivity index (χ4n) is 4.77. The van der Waals surface area contributed by atoms with E-state index in [1.165, 1.54) is 18.0 Å². The molecule has 0 spiro atoms. The maximum atomic E-state index is 14.2. The zero-order chi connectivity index (χ0) is 24.9. The lowest BCUT2D eigenvalue weighted by Gasteiger charge is -2.41. The molecular formula is C24H33F3N4O2S. The number of rotatable bonds is 5. The molecule has 10 heteroatoms. The molecule has 1 amide bonds. The van der Waals surface area contributed by atoms with Crippen LogP contribution in [0.5, 0.6) is 0 Å². The van der Waals surface area contributed by atoms with Crippen molar-refractivity contribution in [3.63, 3.8) is 0 Å². The second kappa shape index (κ2) is 8.93. The molecular weight excluding hydrogens is 465 g/mol. The van der Waals surface area contributed by atoms with Crippen LogP contribution in [0.3, 0.4) is 0 Å². The van der Waals surface area contributed by atoms with Crippen LogP contribution in [0.2, 0.25) is 0 Å². The lowest BCUT2D eigenvalue weighted by atomic mass is 9.80. The van der Waals surface area contributed by atoms with E-state index in [0.717, 1.165) is 25.3 Å². The van der Waals surface area contributed by atoms with Crippen molar-refractivity contribution >= 4 is 28.4 Å². The first kappa shape index (κ1) is 25.2. The molecule has 1 aliphatic carbocycles. The highest BCUT2D eigenvalue weighted by atomic mass is 32.2. The predicted molar refractivity (Wildman–Crippen MR) is 128 cm³/mol. The fraction of sp³-hybridized carbons (Fsp3) is 0.667. The number of carbonyl (C=O) groups excluding carboxylic acids is 1. The first-order valence-electron chi connectivity index (χ1n) is 11.8. The van der Waals surface area contributed by atoms with E-state index >= 15 is 0 Å². The highest BCUT2D eigenvalue weighted by Gasteiger charge is 2.44. The largest absolute Gasteiger partial charge is 0.417 e. The molecule has 1 saturated heterocycles. The van der Waals surface area contributed by atoms with E-state index < -0.39 is 22.9 Å². The second-order valence-corrected chi connectivity index (χ2v) is 11.7. The third-order valence-corrected chi connectivity index (χ3v) is 7.78. The van der Waals surface area contributed by atoms with E-state index in [0.29, 0.717) is 25.3 Å². The third kappa shape index (κ3) is 5.17. The van der Waals surface area contributed by atoms with Gasteiger partial charge in [0.25, 0.3) is 5.91 Å². The van der Waals surface area contributed by atoms with Crippen molar-refractivity contribution in [2.45, 2.75) is 83.2 Å².